The van der Waals surface area contributed by atoms with Crippen LogP contribution >= 0.6 is 11.3 Å². The average molecular weight is 733 g/mol. The van der Waals surface area contributed by atoms with E-state index in [2.05, 4.69) is 112 Å². The number of aryl methyl sites for hydroxylation is 1. The maximum absolute atomic E-state index is 9.57. The van der Waals surface area contributed by atoms with Crippen LogP contribution in [-0.2, 0) is 4.79 Å². The number of carbonyl (C=O) groups excluding carboxylic acids is 1. The van der Waals surface area contributed by atoms with Gasteiger partial charge in [-0.3, -0.25) is 4.79 Å². The lowest BCUT2D eigenvalue weighted by Crippen LogP contribution is -2.21. The van der Waals surface area contributed by atoms with E-state index in [-0.39, 0.29) is 6.10 Å². The quantitative estimate of drug-likeness (QED) is 0.0770. The molecule has 0 unspecified atom stereocenters. The summed E-state index contributed by atoms with van der Waals surface area (Å²) in [6.07, 6.45) is 29.1. The molecule has 0 aliphatic heterocycles. The van der Waals surface area contributed by atoms with Crippen molar-refractivity contribution < 1.29 is 15.0 Å². The zero-order valence-electron chi connectivity index (χ0n) is 36.0. The zero-order chi connectivity index (χ0) is 39.9. The number of aliphatic hydroxyl groups is 2. The summed E-state index contributed by atoms with van der Waals surface area (Å²) in [5.41, 5.74) is 4.43. The molecule has 0 aromatic carbocycles. The minimum atomic E-state index is -0.0370. The summed E-state index contributed by atoms with van der Waals surface area (Å²) in [5, 5.41) is 22.8. The maximum Gasteiger partial charge on any atom is 0.207 e. The van der Waals surface area contributed by atoms with Gasteiger partial charge in [0.1, 0.15) is 0 Å². The van der Waals surface area contributed by atoms with Crippen molar-refractivity contribution in [2.45, 2.75) is 193 Å². The molecule has 0 saturated carbocycles. The number of nitrogens with one attached hydrogen (secondary N) is 1. The third-order valence-corrected chi connectivity index (χ3v) is 7.88. The Hall–Kier alpha value is -2.44. The molecule has 1 heterocycles. The average Bonchev–Trinajstić information content (AvgIpc) is 3.42. The van der Waals surface area contributed by atoms with Crippen LogP contribution in [0.2, 0.25) is 0 Å². The molecular formula is C45H84N2O3S. The van der Waals surface area contributed by atoms with Crippen molar-refractivity contribution in [1.29, 1.82) is 0 Å². The summed E-state index contributed by atoms with van der Waals surface area (Å²) in [4.78, 5) is 14.3. The molecule has 0 spiro atoms. The normalized spacial score (nSPS) is 13.6. The molecule has 1 aromatic heterocycles. The molecule has 298 valence electrons. The number of aliphatic hydroxyl groups excluding tert-OH is 2. The van der Waals surface area contributed by atoms with E-state index < -0.39 is 0 Å². The highest BCUT2D eigenvalue weighted by molar-refractivity contribution is 7.09. The molecule has 51 heavy (non-hydrogen) atoms. The van der Waals surface area contributed by atoms with Gasteiger partial charge in [-0.2, -0.15) is 0 Å². The highest BCUT2D eigenvalue weighted by Crippen LogP contribution is 2.24. The lowest BCUT2D eigenvalue weighted by Gasteiger charge is -2.13. The lowest BCUT2D eigenvalue weighted by atomic mass is 9.92. The van der Waals surface area contributed by atoms with Crippen LogP contribution in [0.4, 0.5) is 0 Å². The van der Waals surface area contributed by atoms with Crippen LogP contribution < -0.4 is 15.2 Å². The highest BCUT2D eigenvalue weighted by Gasteiger charge is 2.07. The van der Waals surface area contributed by atoms with E-state index >= 15 is 0 Å². The number of thiazole rings is 1. The topological polar surface area (TPSA) is 82.5 Å². The molecule has 2 rings (SSSR count). The van der Waals surface area contributed by atoms with Gasteiger partial charge in [-0.25, -0.2) is 4.98 Å². The second-order valence-corrected chi connectivity index (χ2v) is 15.0. The molecule has 1 amide bonds. The molecule has 1 aliphatic rings. The smallest absolute Gasteiger partial charge is 0.207 e. The van der Waals surface area contributed by atoms with Crippen LogP contribution in [0.15, 0.2) is 46.8 Å². The second kappa shape index (κ2) is 42.0. The summed E-state index contributed by atoms with van der Waals surface area (Å²) in [5.74, 6) is 1.17. The van der Waals surface area contributed by atoms with Gasteiger partial charge >= 0.3 is 0 Å². The fourth-order valence-electron chi connectivity index (χ4n) is 4.11. The Balaban J connectivity index is -0.000000289. The third kappa shape index (κ3) is 43.6. The molecule has 0 fully saturated rings. The number of hydrogen-bond donors (Lipinski definition) is 3. The number of aromatic nitrogens is 1. The Morgan fingerprint density at radius 1 is 0.882 bits per heavy atom. The van der Waals surface area contributed by atoms with Gasteiger partial charge in [0.15, 0.2) is 0 Å². The number of nitrogens with zero attached hydrogens (tertiary/aromatic N) is 1. The van der Waals surface area contributed by atoms with Crippen molar-refractivity contribution in [1.82, 2.24) is 10.3 Å². The first-order chi connectivity index (χ1) is 24.2. The Bertz CT molecular complexity index is 1150. The largest absolute Gasteiger partial charge is 0.513 e. The molecule has 1 aromatic rings. The molecule has 5 nitrogen and oxygen atoms in total. The van der Waals surface area contributed by atoms with Crippen molar-refractivity contribution >= 4 is 29.9 Å². The number of hydrogen-bond acceptors (Lipinski definition) is 5. The van der Waals surface area contributed by atoms with E-state index in [1.54, 1.807) is 18.6 Å². The Morgan fingerprint density at radius 3 is 1.88 bits per heavy atom. The number of rotatable bonds is 14. The van der Waals surface area contributed by atoms with Crippen LogP contribution in [0.3, 0.4) is 0 Å². The fourth-order valence-corrected chi connectivity index (χ4v) is 4.98. The number of carbonyl (C=O) groups is 1. The number of unbranched alkanes of at least 4 members (excludes halogenated alkanes) is 2. The molecule has 0 radical (unpaired) electrons. The van der Waals surface area contributed by atoms with Gasteiger partial charge in [0.05, 0.1) is 26.8 Å². The molecule has 0 atom stereocenters. The monoisotopic (exact) mass is 733 g/mol. The Morgan fingerprint density at radius 2 is 1.43 bits per heavy atom. The van der Waals surface area contributed by atoms with Crippen molar-refractivity contribution in [3.8, 4) is 0 Å². The second-order valence-electron chi connectivity index (χ2n) is 13.8. The SMILES string of the molecule is CC(C)C.CC/C(C)=C/C=C\C=C(/C)O.CCC.CCC/C=c1\sc(C)n\c1=C\C1=C(C)CCCC1.CCCC(O)CCC.CCCCNC=O. The summed E-state index contributed by atoms with van der Waals surface area (Å²) in [7, 11) is 0. The summed E-state index contributed by atoms with van der Waals surface area (Å²) in [6.45, 7) is 30.3. The minimum absolute atomic E-state index is 0.0370. The fraction of sp³-hybridized carbons (Fsp3) is 0.689. The first-order valence-electron chi connectivity index (χ1n) is 20.1. The van der Waals surface area contributed by atoms with Gasteiger partial charge < -0.3 is 15.5 Å². The van der Waals surface area contributed by atoms with Gasteiger partial charge in [-0.05, 0) is 109 Å². The van der Waals surface area contributed by atoms with Crippen molar-refractivity contribution in [3.63, 3.8) is 0 Å². The maximum atomic E-state index is 9.57. The van der Waals surface area contributed by atoms with Gasteiger partial charge in [0.2, 0.25) is 6.41 Å². The molecular weight excluding hydrogens is 649 g/mol. The Labute approximate surface area is 321 Å². The zero-order valence-corrected chi connectivity index (χ0v) is 36.8. The van der Waals surface area contributed by atoms with Gasteiger partial charge in [-0.15, -0.1) is 11.3 Å². The molecule has 0 saturated heterocycles. The van der Waals surface area contributed by atoms with Crippen LogP contribution in [0.5, 0.6) is 0 Å². The predicted octanol–water partition coefficient (Wildman–Crippen LogP) is 12.6. The minimum Gasteiger partial charge on any atom is -0.513 e. The van der Waals surface area contributed by atoms with E-state index in [0.29, 0.717) is 5.76 Å². The van der Waals surface area contributed by atoms with E-state index in [1.807, 2.05) is 29.6 Å². The van der Waals surface area contributed by atoms with E-state index in [1.165, 1.54) is 64.6 Å². The summed E-state index contributed by atoms with van der Waals surface area (Å²) in [6, 6.07) is 0. The first kappa shape index (κ1) is 55.3. The molecule has 0 bridgehead atoms. The molecule has 6 heteroatoms. The number of allylic oxidation sites excluding steroid dienone is 8. The van der Waals surface area contributed by atoms with Crippen LogP contribution in [0, 0.1) is 12.8 Å². The summed E-state index contributed by atoms with van der Waals surface area (Å²) >= 11 is 1.82. The van der Waals surface area contributed by atoms with Crippen molar-refractivity contribution in [2.24, 2.45) is 5.92 Å². The third-order valence-electron chi connectivity index (χ3n) is 6.90. The van der Waals surface area contributed by atoms with Crippen LogP contribution in [0.1, 0.15) is 185 Å². The summed E-state index contributed by atoms with van der Waals surface area (Å²) < 4.78 is 1.36. The van der Waals surface area contributed by atoms with Gasteiger partial charge in [-0.1, -0.05) is 137 Å². The molecule has 1 aliphatic carbocycles. The molecule has 3 N–H and O–H groups in total. The van der Waals surface area contributed by atoms with E-state index in [0.717, 1.165) is 70.2 Å². The van der Waals surface area contributed by atoms with Crippen LogP contribution in [-0.4, -0.2) is 34.3 Å². The van der Waals surface area contributed by atoms with Crippen molar-refractivity contribution in [2.75, 3.05) is 6.54 Å². The van der Waals surface area contributed by atoms with E-state index in [4.69, 9.17) is 10.2 Å². The highest BCUT2D eigenvalue weighted by atomic mass is 32.1. The predicted molar refractivity (Wildman–Crippen MR) is 232 cm³/mol. The van der Waals surface area contributed by atoms with Crippen molar-refractivity contribution in [3.05, 3.63) is 61.7 Å². The van der Waals surface area contributed by atoms with Crippen LogP contribution in [0.25, 0.3) is 12.2 Å². The lowest BCUT2D eigenvalue weighted by molar-refractivity contribution is -0.109. The standard InChI is InChI=1S/C16H23NS.C10H16O.C7H16O.C5H11NO.C4H10.C3H8/c1-4-5-10-16-15(17-13(3)18-16)11-14-9-7-6-8-12(14)2;1-4-9(2)7-5-6-8-10(3)11;1-3-5-7(8)6-4-2;1-2-3-4-6-5-7;1-4(2)3;1-3-2/h10-11H,4-9H2,1-3H3;5-8,11H,4H2,1-3H3;7-8H,3-6H2,1-2H3;5H,2-4H2,1H3,(H,6,7);4H,1-3H3;3H2,1-2H3/b15-11+,16-10-;6-5-,9-7+,10-8+;;;;. The first-order valence-corrected chi connectivity index (χ1v) is 20.9. The number of amides is 1. The Kier molecular flexibility index (Phi) is 45.5. The van der Waals surface area contributed by atoms with Gasteiger partial charge in [0.25, 0.3) is 0 Å². The van der Waals surface area contributed by atoms with E-state index in [9.17, 15) is 4.79 Å². The van der Waals surface area contributed by atoms with Gasteiger partial charge in [0, 0.05) is 6.54 Å².